The molecule has 0 spiro atoms. The van der Waals surface area contributed by atoms with E-state index in [1.54, 1.807) is 0 Å². The van der Waals surface area contributed by atoms with Crippen molar-refractivity contribution in [3.8, 4) is 0 Å². The van der Waals surface area contributed by atoms with Gasteiger partial charge in [-0.3, -0.25) is 4.79 Å². The Morgan fingerprint density at radius 2 is 2.00 bits per heavy atom. The number of carboxylic acids is 1. The lowest BCUT2D eigenvalue weighted by Gasteiger charge is -2.25. The first-order valence-corrected chi connectivity index (χ1v) is 6.55. The third kappa shape index (κ3) is 5.45. The monoisotopic (exact) mass is 260 g/mol. The van der Waals surface area contributed by atoms with Gasteiger partial charge in [0, 0.05) is 13.1 Å². The second-order valence-corrected chi connectivity index (χ2v) is 4.80. The van der Waals surface area contributed by atoms with Crippen LogP contribution in [0.4, 0.5) is 0 Å². The van der Waals surface area contributed by atoms with Gasteiger partial charge in [0.25, 0.3) is 0 Å². The zero-order valence-corrected chi connectivity index (χ0v) is 11.1. The lowest BCUT2D eigenvalue weighted by molar-refractivity contribution is -0.143. The summed E-state index contributed by atoms with van der Waals surface area (Å²) in [6.45, 7) is 0.867. The molecule has 0 saturated heterocycles. The zero-order chi connectivity index (χ0) is 14.1. The Kier molecular flexibility index (Phi) is 6.60. The van der Waals surface area contributed by atoms with Gasteiger partial charge < -0.3 is 16.2 Å². The molecule has 0 aliphatic carbocycles. The quantitative estimate of drug-likeness (QED) is 0.462. The van der Waals surface area contributed by atoms with Crippen molar-refractivity contribution in [1.82, 2.24) is 5.32 Å². The summed E-state index contributed by atoms with van der Waals surface area (Å²) in [6, 6.07) is 9.82. The van der Waals surface area contributed by atoms with E-state index in [0.717, 1.165) is 18.4 Å². The average molecular weight is 260 g/mol. The number of hydrogen-bond acceptors (Lipinski definition) is 3. The SMILES string of the molecule is [B]CCCCC(N)(CNCc1ccccc1)C(=O)O. The van der Waals surface area contributed by atoms with E-state index in [0.29, 0.717) is 19.3 Å². The maximum atomic E-state index is 11.3. The van der Waals surface area contributed by atoms with Gasteiger partial charge in [0.1, 0.15) is 5.54 Å². The lowest BCUT2D eigenvalue weighted by Crippen LogP contribution is -2.55. The molecule has 0 aliphatic heterocycles. The minimum atomic E-state index is -1.22. The summed E-state index contributed by atoms with van der Waals surface area (Å²) < 4.78 is 0. The van der Waals surface area contributed by atoms with Crippen molar-refractivity contribution in [2.45, 2.75) is 37.7 Å². The number of unbranched alkanes of at least 4 members (excludes halogenated alkanes) is 1. The Hall–Kier alpha value is -1.33. The Balaban J connectivity index is 2.43. The molecule has 0 bridgehead atoms. The maximum Gasteiger partial charge on any atom is 0.325 e. The summed E-state index contributed by atoms with van der Waals surface area (Å²) >= 11 is 0. The van der Waals surface area contributed by atoms with Gasteiger partial charge in [-0.1, -0.05) is 49.5 Å². The molecule has 1 atom stereocenters. The van der Waals surface area contributed by atoms with Crippen LogP contribution >= 0.6 is 0 Å². The van der Waals surface area contributed by atoms with Crippen LogP contribution in [0, 0.1) is 0 Å². The fourth-order valence-electron chi connectivity index (χ4n) is 1.88. The third-order valence-corrected chi connectivity index (χ3v) is 3.12. The first-order valence-electron chi connectivity index (χ1n) is 6.55. The molecule has 0 aliphatic rings. The van der Waals surface area contributed by atoms with E-state index in [2.05, 4.69) is 5.32 Å². The number of carboxylic acid groups (broad SMARTS) is 1. The molecular weight excluding hydrogens is 239 g/mol. The fraction of sp³-hybridized carbons (Fsp3) is 0.500. The molecule has 0 saturated carbocycles. The summed E-state index contributed by atoms with van der Waals surface area (Å²) in [6.07, 6.45) is 2.52. The van der Waals surface area contributed by atoms with Crippen LogP contribution in [0.5, 0.6) is 0 Å². The van der Waals surface area contributed by atoms with Crippen molar-refractivity contribution < 1.29 is 9.90 Å². The molecule has 2 radical (unpaired) electrons. The molecule has 0 fully saturated rings. The molecule has 0 heterocycles. The summed E-state index contributed by atoms with van der Waals surface area (Å²) in [5.41, 5.74) is 5.83. The van der Waals surface area contributed by atoms with Gasteiger partial charge in [-0.2, -0.15) is 0 Å². The second-order valence-electron chi connectivity index (χ2n) is 4.80. The molecule has 1 unspecified atom stereocenters. The molecule has 0 aromatic heterocycles. The minimum absolute atomic E-state index is 0.252. The molecule has 1 rings (SSSR count). The van der Waals surface area contributed by atoms with Crippen LogP contribution < -0.4 is 11.1 Å². The standard InChI is InChI=1S/C14H21BN2O2/c15-9-5-4-8-14(16,13(18)19)11-17-10-12-6-2-1-3-7-12/h1-3,6-7,17H,4-5,8-11,16H2,(H,18,19). The van der Waals surface area contributed by atoms with Crippen LogP contribution in [-0.2, 0) is 11.3 Å². The van der Waals surface area contributed by atoms with E-state index >= 15 is 0 Å². The van der Waals surface area contributed by atoms with Crippen LogP contribution in [0.15, 0.2) is 30.3 Å². The molecule has 5 heteroatoms. The smallest absolute Gasteiger partial charge is 0.325 e. The number of nitrogens with two attached hydrogens (primary N) is 1. The van der Waals surface area contributed by atoms with E-state index in [9.17, 15) is 9.90 Å². The summed E-state index contributed by atoms with van der Waals surface area (Å²) in [5.74, 6) is -0.968. The van der Waals surface area contributed by atoms with Gasteiger partial charge in [0.05, 0.1) is 7.85 Å². The van der Waals surface area contributed by atoms with Crippen LogP contribution in [0.25, 0.3) is 0 Å². The molecule has 1 aromatic carbocycles. The highest BCUT2D eigenvalue weighted by atomic mass is 16.4. The van der Waals surface area contributed by atoms with Gasteiger partial charge in [0.2, 0.25) is 0 Å². The summed E-state index contributed by atoms with van der Waals surface area (Å²) in [5, 5.41) is 12.3. The number of benzene rings is 1. The van der Waals surface area contributed by atoms with E-state index < -0.39 is 11.5 Å². The Bertz CT molecular complexity index is 386. The molecule has 4 nitrogen and oxygen atoms in total. The molecule has 102 valence electrons. The average Bonchev–Trinajstić information content (AvgIpc) is 2.40. The molecule has 4 N–H and O–H groups in total. The fourth-order valence-corrected chi connectivity index (χ4v) is 1.88. The van der Waals surface area contributed by atoms with Gasteiger partial charge >= 0.3 is 5.97 Å². The van der Waals surface area contributed by atoms with Crippen molar-refractivity contribution >= 4 is 13.8 Å². The first-order chi connectivity index (χ1) is 9.08. The number of rotatable bonds is 9. The van der Waals surface area contributed by atoms with Gasteiger partial charge in [0.15, 0.2) is 0 Å². The van der Waals surface area contributed by atoms with Gasteiger partial charge in [-0.25, -0.2) is 0 Å². The highest BCUT2D eigenvalue weighted by Crippen LogP contribution is 2.12. The number of carbonyl (C=O) groups is 1. The minimum Gasteiger partial charge on any atom is -0.480 e. The second kappa shape index (κ2) is 7.97. The summed E-state index contributed by atoms with van der Waals surface area (Å²) in [7, 11) is 5.41. The molecule has 0 amide bonds. The highest BCUT2D eigenvalue weighted by Gasteiger charge is 2.32. The van der Waals surface area contributed by atoms with Crippen LogP contribution in [0.3, 0.4) is 0 Å². The highest BCUT2D eigenvalue weighted by molar-refractivity contribution is 6.08. The van der Waals surface area contributed by atoms with Crippen LogP contribution in [0.1, 0.15) is 24.8 Å². The largest absolute Gasteiger partial charge is 0.480 e. The predicted octanol–water partition coefficient (Wildman–Crippen LogP) is 1.32. The predicted molar refractivity (Wildman–Crippen MR) is 77.1 cm³/mol. The maximum absolute atomic E-state index is 11.3. The number of hydrogen-bond donors (Lipinski definition) is 3. The third-order valence-electron chi connectivity index (χ3n) is 3.12. The van der Waals surface area contributed by atoms with Crippen LogP contribution in [0.2, 0.25) is 6.32 Å². The van der Waals surface area contributed by atoms with E-state index in [-0.39, 0.29) is 6.54 Å². The number of nitrogens with one attached hydrogen (secondary N) is 1. The van der Waals surface area contributed by atoms with Crippen molar-refractivity contribution in [2.24, 2.45) is 5.73 Å². The molecule has 1 aromatic rings. The van der Waals surface area contributed by atoms with Crippen molar-refractivity contribution in [1.29, 1.82) is 0 Å². The summed E-state index contributed by atoms with van der Waals surface area (Å²) in [4.78, 5) is 11.3. The van der Waals surface area contributed by atoms with Gasteiger partial charge in [-0.05, 0) is 12.0 Å². The first kappa shape index (κ1) is 15.7. The van der Waals surface area contributed by atoms with Crippen molar-refractivity contribution in [2.75, 3.05) is 6.54 Å². The van der Waals surface area contributed by atoms with E-state index in [1.165, 1.54) is 0 Å². The van der Waals surface area contributed by atoms with E-state index in [1.807, 2.05) is 30.3 Å². The number of aliphatic carboxylic acids is 1. The van der Waals surface area contributed by atoms with Gasteiger partial charge in [-0.15, -0.1) is 0 Å². The zero-order valence-electron chi connectivity index (χ0n) is 11.1. The Labute approximate surface area is 115 Å². The van der Waals surface area contributed by atoms with Crippen molar-refractivity contribution in [3.05, 3.63) is 35.9 Å². The van der Waals surface area contributed by atoms with Crippen LogP contribution in [-0.4, -0.2) is 31.0 Å². The lowest BCUT2D eigenvalue weighted by atomic mass is 9.90. The normalized spacial score (nSPS) is 13.9. The van der Waals surface area contributed by atoms with Crippen molar-refractivity contribution in [3.63, 3.8) is 0 Å². The van der Waals surface area contributed by atoms with E-state index in [4.69, 9.17) is 13.6 Å². The Morgan fingerprint density at radius 3 is 2.58 bits per heavy atom. The Morgan fingerprint density at radius 1 is 1.32 bits per heavy atom. The molecule has 19 heavy (non-hydrogen) atoms. The topological polar surface area (TPSA) is 75.3 Å². The molecular formula is C14H21BN2O2.